The van der Waals surface area contributed by atoms with Gasteiger partial charge in [-0.2, -0.15) is 0 Å². The van der Waals surface area contributed by atoms with Gasteiger partial charge in [-0.15, -0.1) is 0 Å². The summed E-state index contributed by atoms with van der Waals surface area (Å²) in [6, 6.07) is 3.65. The van der Waals surface area contributed by atoms with Gasteiger partial charge in [0.15, 0.2) is 5.78 Å². The number of nitrogens with one attached hydrogen (secondary N) is 5. The van der Waals surface area contributed by atoms with Crippen LogP contribution in [0.4, 0.5) is 0 Å². The summed E-state index contributed by atoms with van der Waals surface area (Å²) >= 11 is 0. The number of amides is 5. The first kappa shape index (κ1) is 64.7. The molecule has 5 N–H and O–H groups in total. The van der Waals surface area contributed by atoms with Crippen molar-refractivity contribution < 1.29 is 76.2 Å². The minimum atomic E-state index is -0.762. The molecule has 0 atom stereocenters. The summed E-state index contributed by atoms with van der Waals surface area (Å²) < 4.78 is 49.2. The molecule has 0 bridgehead atoms. The van der Waals surface area contributed by atoms with E-state index in [0.717, 1.165) is 6.42 Å². The summed E-state index contributed by atoms with van der Waals surface area (Å²) in [5.74, 6) is -2.23. The minimum absolute atomic E-state index is 0.0345. The number of hydrogen-bond acceptors (Lipinski definition) is 17. The highest BCUT2D eigenvalue weighted by atomic mass is 16.5. The van der Waals surface area contributed by atoms with Crippen molar-refractivity contribution in [1.29, 1.82) is 0 Å². The van der Waals surface area contributed by atoms with Crippen molar-refractivity contribution in [2.45, 2.75) is 76.7 Å². The quantitative estimate of drug-likeness (QED) is 0.0206. The Morgan fingerprint density at radius 2 is 0.972 bits per heavy atom. The molecule has 408 valence electrons. The molecule has 0 aliphatic carbocycles. The molecule has 24 nitrogen and oxygen atoms in total. The fraction of sp³-hybridized carbons (Fsp3) is 0.729. The molecular formula is C48H80N8O16. The van der Waals surface area contributed by atoms with E-state index < -0.39 is 17.9 Å². The van der Waals surface area contributed by atoms with Crippen molar-refractivity contribution in [3.05, 3.63) is 39.8 Å². The van der Waals surface area contributed by atoms with Gasteiger partial charge in [-0.1, -0.05) is 11.5 Å². The zero-order valence-electron chi connectivity index (χ0n) is 42.8. The Labute approximate surface area is 423 Å². The lowest BCUT2D eigenvalue weighted by Crippen LogP contribution is -2.42. The van der Waals surface area contributed by atoms with Crippen LogP contribution in [0, 0.1) is 5.92 Å². The van der Waals surface area contributed by atoms with Crippen molar-refractivity contribution in [2.24, 2.45) is 11.0 Å². The smallest absolute Gasteiger partial charge is 0.251 e. The van der Waals surface area contributed by atoms with E-state index in [2.05, 4.69) is 36.6 Å². The Hall–Kier alpha value is -5.30. The molecule has 0 saturated heterocycles. The molecule has 1 aromatic carbocycles. The normalized spacial score (nSPS) is 11.0. The topological polar surface area (TPSA) is 311 Å². The van der Waals surface area contributed by atoms with E-state index in [1.165, 1.54) is 46.6 Å². The number of ether oxygens (including phenoxy) is 9. The summed E-state index contributed by atoms with van der Waals surface area (Å²) in [7, 11) is 6.11. The fourth-order valence-corrected chi connectivity index (χ4v) is 6.37. The van der Waals surface area contributed by atoms with Crippen LogP contribution in [0.1, 0.15) is 91.3 Å². The maximum Gasteiger partial charge on any atom is 0.251 e. The average molecular weight is 1030 g/mol. The SMILES string of the molecule is COCCNC(=O)CCOCC(COCCC(=O)NCCOC)CC(=O)c1cc(OCCCC(=O)CCCCCN=[N+]=[N-])cc(C(=O)NC(COCCC(=O)NCCOC)COCCC(=O)NCCOC)c1. The maximum atomic E-state index is 14.2. The second kappa shape index (κ2) is 44.4. The molecule has 24 heteroatoms. The predicted molar refractivity (Wildman–Crippen MR) is 264 cm³/mol. The first-order valence-corrected chi connectivity index (χ1v) is 24.4. The highest BCUT2D eigenvalue weighted by molar-refractivity contribution is 6.01. The fourth-order valence-electron chi connectivity index (χ4n) is 6.37. The average Bonchev–Trinajstić information content (AvgIpc) is 3.36. The molecule has 0 saturated carbocycles. The first-order valence-electron chi connectivity index (χ1n) is 24.4. The Balaban J connectivity index is 3.32. The van der Waals surface area contributed by atoms with Gasteiger partial charge in [0.2, 0.25) is 23.6 Å². The molecule has 0 spiro atoms. The van der Waals surface area contributed by atoms with Crippen LogP contribution >= 0.6 is 0 Å². The Kier molecular flexibility index (Phi) is 39.9. The third-order valence-corrected chi connectivity index (χ3v) is 10.2. The summed E-state index contributed by atoms with van der Waals surface area (Å²) in [4.78, 5) is 92.6. The van der Waals surface area contributed by atoms with Crippen LogP contribution < -0.4 is 31.3 Å². The van der Waals surface area contributed by atoms with Crippen LogP contribution in [0.15, 0.2) is 23.3 Å². The van der Waals surface area contributed by atoms with Gasteiger partial charge in [0, 0.05) is 128 Å². The summed E-state index contributed by atoms with van der Waals surface area (Å²) in [5.41, 5.74) is 8.65. The number of unbranched alkanes of at least 4 members (excludes halogenated alkanes) is 2. The number of azide groups is 1. The number of methoxy groups -OCH3 is 4. The van der Waals surface area contributed by atoms with Crippen molar-refractivity contribution in [2.75, 3.05) is 147 Å². The first-order chi connectivity index (χ1) is 34.9. The largest absolute Gasteiger partial charge is 0.494 e. The monoisotopic (exact) mass is 1020 g/mol. The molecule has 72 heavy (non-hydrogen) atoms. The Bertz CT molecular complexity index is 1600. The van der Waals surface area contributed by atoms with E-state index in [1.54, 1.807) is 0 Å². The van der Waals surface area contributed by atoms with Crippen LogP contribution in [0.2, 0.25) is 0 Å². The molecule has 0 heterocycles. The number of carbonyl (C=O) groups excluding carboxylic acids is 7. The lowest BCUT2D eigenvalue weighted by atomic mass is 9.97. The van der Waals surface area contributed by atoms with E-state index in [9.17, 15) is 33.6 Å². The van der Waals surface area contributed by atoms with Gasteiger partial charge in [0.05, 0.1) is 91.9 Å². The Morgan fingerprint density at radius 3 is 1.43 bits per heavy atom. The van der Waals surface area contributed by atoms with E-state index in [0.29, 0.717) is 84.8 Å². The molecule has 5 amide bonds. The van der Waals surface area contributed by atoms with Gasteiger partial charge in [-0.05, 0) is 43.0 Å². The molecule has 0 radical (unpaired) electrons. The van der Waals surface area contributed by atoms with E-state index in [1.807, 2.05) is 0 Å². The van der Waals surface area contributed by atoms with Crippen LogP contribution in [0.3, 0.4) is 0 Å². The molecule has 0 aromatic heterocycles. The molecule has 0 unspecified atom stereocenters. The highest BCUT2D eigenvalue weighted by Crippen LogP contribution is 2.22. The zero-order valence-corrected chi connectivity index (χ0v) is 42.8. The van der Waals surface area contributed by atoms with Gasteiger partial charge in [0.25, 0.3) is 5.91 Å². The van der Waals surface area contributed by atoms with Gasteiger partial charge < -0.3 is 69.2 Å². The van der Waals surface area contributed by atoms with Crippen molar-refractivity contribution in [1.82, 2.24) is 26.6 Å². The number of Topliss-reactive ketones (excluding diaryl/α,β-unsaturated/α-hetero) is 2. The van der Waals surface area contributed by atoms with Gasteiger partial charge in [-0.25, -0.2) is 0 Å². The number of nitrogens with zero attached hydrogens (tertiary/aromatic N) is 3. The molecule has 0 fully saturated rings. The third-order valence-electron chi connectivity index (χ3n) is 10.2. The molecule has 0 aliphatic heterocycles. The summed E-state index contributed by atoms with van der Waals surface area (Å²) in [5, 5.41) is 17.3. The zero-order chi connectivity index (χ0) is 52.9. The minimum Gasteiger partial charge on any atom is -0.494 e. The highest BCUT2D eigenvalue weighted by Gasteiger charge is 2.22. The lowest BCUT2D eigenvalue weighted by Gasteiger charge is -2.20. The van der Waals surface area contributed by atoms with Crippen LogP contribution in [0.25, 0.3) is 10.4 Å². The van der Waals surface area contributed by atoms with Gasteiger partial charge in [0.1, 0.15) is 11.5 Å². The van der Waals surface area contributed by atoms with Crippen molar-refractivity contribution in [3.63, 3.8) is 0 Å². The Morgan fingerprint density at radius 1 is 0.528 bits per heavy atom. The van der Waals surface area contributed by atoms with E-state index >= 15 is 0 Å². The summed E-state index contributed by atoms with van der Waals surface area (Å²) in [6.45, 7) is 3.40. The third kappa shape index (κ3) is 35.7. The summed E-state index contributed by atoms with van der Waals surface area (Å²) in [6.07, 6.45) is 3.24. The van der Waals surface area contributed by atoms with E-state index in [4.69, 9.17) is 48.2 Å². The van der Waals surface area contributed by atoms with Gasteiger partial charge in [-0.3, -0.25) is 33.6 Å². The number of rotatable bonds is 48. The second-order valence-electron chi connectivity index (χ2n) is 16.3. The molecule has 0 aliphatic rings. The number of hydrogen-bond donors (Lipinski definition) is 5. The number of benzene rings is 1. The standard InChI is InChI=1S/C48H80N8O16/c1-64-25-16-50-44(59)11-21-68-33-37(34-69-22-12-45(60)51-17-26-65-2)29-43(58)38-30-39(32-42(31-38)72-20-8-10-41(57)9-6-5-7-15-54-56-49)48(63)55-40(35-70-23-13-46(61)52-18-27-66-3)36-71-24-14-47(62)53-19-28-67-4/h30-32,37,40H,5-29,33-36H2,1-4H3,(H,50,59)(H,51,60)(H,52,61)(H,53,62)(H,55,63). The van der Waals surface area contributed by atoms with Crippen LogP contribution in [-0.4, -0.2) is 194 Å². The van der Waals surface area contributed by atoms with Gasteiger partial charge >= 0.3 is 0 Å². The maximum absolute atomic E-state index is 14.2. The van der Waals surface area contributed by atoms with Crippen LogP contribution in [0.5, 0.6) is 5.75 Å². The molecular weight excluding hydrogens is 945 g/mol. The lowest BCUT2D eigenvalue weighted by molar-refractivity contribution is -0.123. The number of carbonyl (C=O) groups is 7. The molecule has 1 rings (SSSR count). The number of ketones is 2. The second-order valence-corrected chi connectivity index (χ2v) is 16.3. The van der Waals surface area contributed by atoms with Crippen LogP contribution in [-0.2, 0) is 61.9 Å². The van der Waals surface area contributed by atoms with Crippen molar-refractivity contribution >= 4 is 41.1 Å². The molecule has 1 aromatic rings. The van der Waals surface area contributed by atoms with E-state index in [-0.39, 0.29) is 150 Å². The predicted octanol–water partition coefficient (Wildman–Crippen LogP) is 2.25. The van der Waals surface area contributed by atoms with Crippen molar-refractivity contribution in [3.8, 4) is 5.75 Å².